The summed E-state index contributed by atoms with van der Waals surface area (Å²) in [6.45, 7) is 0. The summed E-state index contributed by atoms with van der Waals surface area (Å²) in [5, 5.41) is 11.4. The fourth-order valence-corrected chi connectivity index (χ4v) is 4.35. The maximum absolute atomic E-state index is 12.6. The first-order valence-electron chi connectivity index (χ1n) is 9.09. The van der Waals surface area contributed by atoms with Crippen molar-refractivity contribution < 1.29 is 14.3 Å². The summed E-state index contributed by atoms with van der Waals surface area (Å²) in [6, 6.07) is 24.1. The zero-order valence-corrected chi connectivity index (χ0v) is 14.8. The number of rotatable bonds is 2. The summed E-state index contributed by atoms with van der Waals surface area (Å²) < 4.78 is 5.77. The van der Waals surface area contributed by atoms with Crippen LogP contribution in [-0.4, -0.2) is 11.1 Å². The molecule has 28 heavy (non-hydrogen) atoms. The van der Waals surface area contributed by atoms with E-state index in [9.17, 15) is 14.7 Å². The molecule has 0 unspecified atom stereocenters. The smallest absolute Gasteiger partial charge is 0.344 e. The van der Waals surface area contributed by atoms with Crippen molar-refractivity contribution in [1.82, 2.24) is 0 Å². The minimum absolute atomic E-state index is 0.412. The summed E-state index contributed by atoms with van der Waals surface area (Å²) in [5.41, 5.74) is 2.55. The molecule has 0 fully saturated rings. The third-order valence-electron chi connectivity index (χ3n) is 5.49. The average molecular weight is 368 g/mol. The second-order valence-electron chi connectivity index (χ2n) is 6.97. The highest BCUT2D eigenvalue weighted by atomic mass is 16.4. The lowest BCUT2D eigenvalue weighted by molar-refractivity contribution is -0.139. The van der Waals surface area contributed by atoms with Crippen LogP contribution in [0.2, 0.25) is 0 Å². The van der Waals surface area contributed by atoms with Crippen LogP contribution in [0, 0.1) is 0 Å². The zero-order valence-electron chi connectivity index (χ0n) is 14.8. The molecule has 136 valence electrons. The van der Waals surface area contributed by atoms with E-state index in [1.54, 1.807) is 12.1 Å². The van der Waals surface area contributed by atoms with Gasteiger partial charge >= 0.3 is 11.6 Å². The van der Waals surface area contributed by atoms with Gasteiger partial charge in [0.05, 0.1) is 11.3 Å². The number of carbonyl (C=O) groups is 1. The quantitative estimate of drug-likeness (QED) is 0.553. The second-order valence-corrected chi connectivity index (χ2v) is 6.97. The number of carboxylic acids is 1. The Labute approximate surface area is 160 Å². The van der Waals surface area contributed by atoms with Crippen LogP contribution < -0.4 is 5.63 Å². The van der Waals surface area contributed by atoms with Crippen molar-refractivity contribution in [2.45, 2.75) is 11.8 Å². The Morgan fingerprint density at radius 1 is 0.821 bits per heavy atom. The molecule has 1 aliphatic rings. The van der Waals surface area contributed by atoms with Crippen molar-refractivity contribution in [3.63, 3.8) is 0 Å². The Balaban J connectivity index is 1.97. The summed E-state index contributed by atoms with van der Waals surface area (Å²) in [5.74, 6) is -1.67. The van der Waals surface area contributed by atoms with E-state index in [1.165, 1.54) is 0 Å². The molecule has 0 saturated carbocycles. The SMILES string of the molecule is O=C(O)[C@@H]1c2ccccc2-c2oc(=O)c3ccccc3c2[C@H]1c1ccccc1. The van der Waals surface area contributed by atoms with Crippen LogP contribution in [0.5, 0.6) is 0 Å². The predicted molar refractivity (Wildman–Crippen MR) is 107 cm³/mol. The number of carboxylic acid groups (broad SMARTS) is 1. The van der Waals surface area contributed by atoms with E-state index < -0.39 is 23.4 Å². The molecule has 1 N–H and O–H groups in total. The minimum atomic E-state index is -0.901. The standard InChI is InChI=1S/C24H16O4/c25-23(26)21-15-10-4-6-12-17(15)22-20(19(21)14-8-2-1-3-9-14)16-11-5-7-13-18(16)24(27)28-22/h1-13,19,21H,(H,25,26)/t19-,21-/m1/s1. The van der Waals surface area contributed by atoms with E-state index in [2.05, 4.69) is 0 Å². The van der Waals surface area contributed by atoms with Gasteiger partial charge in [-0.3, -0.25) is 4.79 Å². The topological polar surface area (TPSA) is 67.5 Å². The van der Waals surface area contributed by atoms with Crippen LogP contribution >= 0.6 is 0 Å². The molecular formula is C24H16O4. The molecule has 5 rings (SSSR count). The Morgan fingerprint density at radius 3 is 2.21 bits per heavy atom. The van der Waals surface area contributed by atoms with E-state index in [0.29, 0.717) is 22.3 Å². The molecule has 0 aliphatic heterocycles. The fraction of sp³-hybridized carbons (Fsp3) is 0.0833. The number of hydrogen-bond acceptors (Lipinski definition) is 3. The van der Waals surface area contributed by atoms with Gasteiger partial charge in [-0.2, -0.15) is 0 Å². The molecule has 4 heteroatoms. The highest BCUT2D eigenvalue weighted by molar-refractivity contribution is 5.95. The minimum Gasteiger partial charge on any atom is -0.481 e. The van der Waals surface area contributed by atoms with Gasteiger partial charge in [0.1, 0.15) is 5.76 Å². The lowest BCUT2D eigenvalue weighted by Gasteiger charge is -2.33. The largest absolute Gasteiger partial charge is 0.481 e. The van der Waals surface area contributed by atoms with Gasteiger partial charge in [0.25, 0.3) is 0 Å². The van der Waals surface area contributed by atoms with E-state index in [4.69, 9.17) is 4.42 Å². The molecule has 0 saturated heterocycles. The predicted octanol–water partition coefficient (Wildman–Crippen LogP) is 4.77. The summed E-state index contributed by atoms with van der Waals surface area (Å²) in [7, 11) is 0. The van der Waals surface area contributed by atoms with Crippen molar-refractivity contribution in [3.8, 4) is 11.3 Å². The molecule has 1 heterocycles. The van der Waals surface area contributed by atoms with Gasteiger partial charge in [-0.05, 0) is 22.6 Å². The number of hydrogen-bond donors (Lipinski definition) is 1. The molecule has 3 aromatic carbocycles. The monoisotopic (exact) mass is 368 g/mol. The molecule has 0 amide bonds. The summed E-state index contributed by atoms with van der Waals surface area (Å²) in [6.07, 6.45) is 0. The summed E-state index contributed by atoms with van der Waals surface area (Å²) in [4.78, 5) is 25.1. The van der Waals surface area contributed by atoms with Crippen LogP contribution in [0.3, 0.4) is 0 Å². The maximum atomic E-state index is 12.6. The first kappa shape index (κ1) is 16.5. The second kappa shape index (κ2) is 6.20. The van der Waals surface area contributed by atoms with Crippen molar-refractivity contribution in [2.75, 3.05) is 0 Å². The number of fused-ring (bicyclic) bond motifs is 5. The molecule has 0 bridgehead atoms. The van der Waals surface area contributed by atoms with Crippen molar-refractivity contribution in [2.24, 2.45) is 0 Å². The van der Waals surface area contributed by atoms with E-state index in [-0.39, 0.29) is 0 Å². The van der Waals surface area contributed by atoms with Gasteiger partial charge in [0.2, 0.25) is 0 Å². The highest BCUT2D eigenvalue weighted by Crippen LogP contribution is 2.51. The van der Waals surface area contributed by atoms with Gasteiger partial charge in [0, 0.05) is 17.0 Å². The Morgan fingerprint density at radius 2 is 1.46 bits per heavy atom. The van der Waals surface area contributed by atoms with Crippen molar-refractivity contribution in [3.05, 3.63) is 106 Å². The average Bonchev–Trinajstić information content (AvgIpc) is 2.73. The van der Waals surface area contributed by atoms with E-state index in [0.717, 1.165) is 16.5 Å². The molecule has 0 radical (unpaired) electrons. The normalized spacial score (nSPS) is 17.7. The Hall–Kier alpha value is -3.66. The first-order chi connectivity index (χ1) is 13.7. The van der Waals surface area contributed by atoms with Gasteiger partial charge in [-0.25, -0.2) is 4.79 Å². The third-order valence-corrected chi connectivity index (χ3v) is 5.49. The van der Waals surface area contributed by atoms with Crippen molar-refractivity contribution >= 4 is 16.7 Å². The molecule has 1 aliphatic carbocycles. The lowest BCUT2D eigenvalue weighted by atomic mass is 9.69. The molecule has 2 atom stereocenters. The van der Waals surface area contributed by atoms with Gasteiger partial charge in [-0.15, -0.1) is 0 Å². The van der Waals surface area contributed by atoms with Crippen LogP contribution in [0.25, 0.3) is 22.1 Å². The maximum Gasteiger partial charge on any atom is 0.344 e. The first-order valence-corrected chi connectivity index (χ1v) is 9.09. The van der Waals surface area contributed by atoms with Gasteiger partial charge < -0.3 is 9.52 Å². The van der Waals surface area contributed by atoms with Crippen LogP contribution in [0.1, 0.15) is 28.5 Å². The molecule has 4 nitrogen and oxygen atoms in total. The van der Waals surface area contributed by atoms with Crippen molar-refractivity contribution in [1.29, 1.82) is 0 Å². The third kappa shape index (κ3) is 2.31. The number of aliphatic carboxylic acids is 1. The lowest BCUT2D eigenvalue weighted by Crippen LogP contribution is -2.26. The summed E-state index contributed by atoms with van der Waals surface area (Å²) >= 11 is 0. The van der Waals surface area contributed by atoms with Crippen LogP contribution in [0.15, 0.2) is 88.1 Å². The van der Waals surface area contributed by atoms with E-state index >= 15 is 0 Å². The molecule has 4 aromatic rings. The molecule has 0 spiro atoms. The number of benzene rings is 3. The van der Waals surface area contributed by atoms with Gasteiger partial charge in [0.15, 0.2) is 0 Å². The highest BCUT2D eigenvalue weighted by Gasteiger charge is 2.41. The van der Waals surface area contributed by atoms with Crippen LogP contribution in [0.4, 0.5) is 0 Å². The van der Waals surface area contributed by atoms with Crippen LogP contribution in [-0.2, 0) is 4.79 Å². The molecular weight excluding hydrogens is 352 g/mol. The zero-order chi connectivity index (χ0) is 19.3. The van der Waals surface area contributed by atoms with Gasteiger partial charge in [-0.1, -0.05) is 72.8 Å². The fourth-order valence-electron chi connectivity index (χ4n) is 4.35. The Bertz CT molecular complexity index is 1270. The van der Waals surface area contributed by atoms with E-state index in [1.807, 2.05) is 66.7 Å². The molecule has 1 aromatic heterocycles. The Kier molecular flexibility index (Phi) is 3.66.